The van der Waals surface area contributed by atoms with Crippen LogP contribution in [-0.2, 0) is 4.57 Å². The second kappa shape index (κ2) is 2.40. The molecule has 0 saturated heterocycles. The first-order valence-electron chi connectivity index (χ1n) is 1.80. The van der Waals surface area contributed by atoms with Crippen LogP contribution in [0.25, 0.3) is 0 Å². The van der Waals surface area contributed by atoms with Gasteiger partial charge in [0.05, 0.1) is 0 Å². The topological polar surface area (TPSA) is 41.1 Å². The summed E-state index contributed by atoms with van der Waals surface area (Å²) in [4.78, 5) is 0. The SMILES string of the molecule is CNP(=O)(F)NC. The van der Waals surface area contributed by atoms with E-state index in [1.54, 1.807) is 0 Å². The first kappa shape index (κ1) is 7.08. The summed E-state index contributed by atoms with van der Waals surface area (Å²) < 4.78 is 21.9. The molecule has 0 aliphatic carbocycles. The van der Waals surface area contributed by atoms with Crippen molar-refractivity contribution in [2.24, 2.45) is 0 Å². The minimum absolute atomic E-state index is 1.29. The van der Waals surface area contributed by atoms with Crippen molar-refractivity contribution in [3.05, 3.63) is 0 Å². The molecule has 7 heavy (non-hydrogen) atoms. The molecule has 0 aromatic rings. The van der Waals surface area contributed by atoms with Gasteiger partial charge < -0.3 is 0 Å². The van der Waals surface area contributed by atoms with Crippen molar-refractivity contribution >= 4 is 7.75 Å². The van der Waals surface area contributed by atoms with Crippen LogP contribution in [-0.4, -0.2) is 14.1 Å². The minimum atomic E-state index is -3.65. The maximum Gasteiger partial charge on any atom is 0.377 e. The Labute approximate surface area is 41.9 Å². The molecule has 0 atom stereocenters. The molecule has 44 valence electrons. The quantitative estimate of drug-likeness (QED) is 0.529. The summed E-state index contributed by atoms with van der Waals surface area (Å²) in [7, 11) is -1.08. The summed E-state index contributed by atoms with van der Waals surface area (Å²) in [5.74, 6) is 0. The van der Waals surface area contributed by atoms with Crippen LogP contribution in [0.15, 0.2) is 0 Å². The Bertz CT molecular complexity index is 87.7. The Balaban J connectivity index is 3.61. The van der Waals surface area contributed by atoms with Crippen LogP contribution in [0.4, 0.5) is 4.20 Å². The molecule has 0 aromatic carbocycles. The molecule has 0 fully saturated rings. The molecule has 3 nitrogen and oxygen atoms in total. The Morgan fingerprint density at radius 1 is 1.43 bits per heavy atom. The number of hydrogen-bond donors (Lipinski definition) is 2. The third kappa shape index (κ3) is 2.74. The van der Waals surface area contributed by atoms with E-state index in [1.165, 1.54) is 14.1 Å². The smallest absolute Gasteiger partial charge is 0.251 e. The summed E-state index contributed by atoms with van der Waals surface area (Å²) in [6.07, 6.45) is 0. The fraction of sp³-hybridized carbons (Fsp3) is 1.00. The Hall–Kier alpha value is 0.0800. The summed E-state index contributed by atoms with van der Waals surface area (Å²) in [6, 6.07) is 0. The average molecular weight is 126 g/mol. The van der Waals surface area contributed by atoms with Crippen LogP contribution in [0.3, 0.4) is 0 Å². The first-order chi connectivity index (χ1) is 3.12. The Morgan fingerprint density at radius 2 is 1.71 bits per heavy atom. The molecule has 0 amide bonds. The van der Waals surface area contributed by atoms with E-state index < -0.39 is 7.75 Å². The number of nitrogens with one attached hydrogen (secondary N) is 2. The van der Waals surface area contributed by atoms with Gasteiger partial charge in [0.1, 0.15) is 0 Å². The molecule has 0 heterocycles. The molecule has 0 aliphatic rings. The van der Waals surface area contributed by atoms with Crippen LogP contribution in [0.1, 0.15) is 0 Å². The average Bonchev–Trinajstić information content (AvgIpc) is 1.68. The van der Waals surface area contributed by atoms with E-state index in [2.05, 4.69) is 0 Å². The molecular weight excluding hydrogens is 118 g/mol. The van der Waals surface area contributed by atoms with Crippen LogP contribution < -0.4 is 10.2 Å². The van der Waals surface area contributed by atoms with E-state index in [0.29, 0.717) is 0 Å². The fourth-order valence-corrected chi connectivity index (χ4v) is 0.335. The fourth-order valence-electron chi connectivity index (χ4n) is 0.112. The molecule has 0 radical (unpaired) electrons. The van der Waals surface area contributed by atoms with Gasteiger partial charge in [-0.15, -0.1) is 0 Å². The number of halogens is 1. The molecule has 0 aromatic heterocycles. The van der Waals surface area contributed by atoms with Crippen molar-refractivity contribution in [2.75, 3.05) is 14.1 Å². The van der Waals surface area contributed by atoms with Gasteiger partial charge in [-0.1, -0.05) is 0 Å². The van der Waals surface area contributed by atoms with Crippen molar-refractivity contribution < 1.29 is 8.76 Å². The summed E-state index contributed by atoms with van der Waals surface area (Å²) >= 11 is 0. The van der Waals surface area contributed by atoms with Crippen LogP contribution >= 0.6 is 7.75 Å². The lowest BCUT2D eigenvalue weighted by Crippen LogP contribution is -2.10. The zero-order valence-electron chi connectivity index (χ0n) is 4.23. The highest BCUT2D eigenvalue weighted by Crippen LogP contribution is 2.34. The van der Waals surface area contributed by atoms with Crippen molar-refractivity contribution in [1.29, 1.82) is 0 Å². The molecule has 0 aliphatic heterocycles. The Kier molecular flexibility index (Phi) is 2.43. The molecule has 2 N–H and O–H groups in total. The lowest BCUT2D eigenvalue weighted by molar-refractivity contribution is 0.523. The molecule has 0 rings (SSSR count). The van der Waals surface area contributed by atoms with E-state index in [9.17, 15) is 8.76 Å². The third-order valence-electron chi connectivity index (χ3n) is 0.575. The molecule has 0 bridgehead atoms. The maximum atomic E-state index is 11.9. The van der Waals surface area contributed by atoms with Gasteiger partial charge in [-0.05, 0) is 14.1 Å². The zero-order valence-corrected chi connectivity index (χ0v) is 5.13. The van der Waals surface area contributed by atoms with Crippen LogP contribution in [0.5, 0.6) is 0 Å². The van der Waals surface area contributed by atoms with Gasteiger partial charge in [0, 0.05) is 0 Å². The second-order valence-corrected chi connectivity index (χ2v) is 2.94. The monoisotopic (exact) mass is 126 g/mol. The van der Waals surface area contributed by atoms with Crippen LogP contribution in [0, 0.1) is 0 Å². The van der Waals surface area contributed by atoms with Gasteiger partial charge in [0.15, 0.2) is 0 Å². The van der Waals surface area contributed by atoms with Crippen molar-refractivity contribution in [1.82, 2.24) is 10.2 Å². The van der Waals surface area contributed by atoms with Gasteiger partial charge in [-0.2, -0.15) is 4.20 Å². The summed E-state index contributed by atoms with van der Waals surface area (Å²) in [5, 5.41) is 3.94. The number of hydrogen-bond acceptors (Lipinski definition) is 1. The highest BCUT2D eigenvalue weighted by atomic mass is 31.2. The lowest BCUT2D eigenvalue weighted by atomic mass is 11.6. The van der Waals surface area contributed by atoms with Crippen molar-refractivity contribution in [3.8, 4) is 0 Å². The van der Waals surface area contributed by atoms with Gasteiger partial charge in [0.2, 0.25) is 0 Å². The van der Waals surface area contributed by atoms with Gasteiger partial charge in [-0.3, -0.25) is 4.57 Å². The molecule has 0 spiro atoms. The van der Waals surface area contributed by atoms with E-state index in [1.807, 2.05) is 10.2 Å². The minimum Gasteiger partial charge on any atom is -0.251 e. The standard InChI is InChI=1S/C2H8FN2OP/c1-4-7(3,6)5-2/h1-2H3,(H2,4,5,6). The lowest BCUT2D eigenvalue weighted by Gasteiger charge is -2.01. The second-order valence-electron chi connectivity index (χ2n) is 0.980. The molecular formula is C2H8FN2OP. The predicted octanol–water partition coefficient (Wildman–Crippen LogP) is 0.503. The maximum absolute atomic E-state index is 11.9. The van der Waals surface area contributed by atoms with Gasteiger partial charge >= 0.3 is 7.75 Å². The van der Waals surface area contributed by atoms with Crippen molar-refractivity contribution in [3.63, 3.8) is 0 Å². The van der Waals surface area contributed by atoms with E-state index in [0.717, 1.165) is 0 Å². The Morgan fingerprint density at radius 3 is 1.71 bits per heavy atom. The van der Waals surface area contributed by atoms with E-state index >= 15 is 0 Å². The number of rotatable bonds is 2. The highest BCUT2D eigenvalue weighted by Gasteiger charge is 2.11. The summed E-state index contributed by atoms with van der Waals surface area (Å²) in [6.45, 7) is 0. The van der Waals surface area contributed by atoms with Gasteiger partial charge in [-0.25, -0.2) is 10.2 Å². The molecule has 5 heteroatoms. The normalized spacial score (nSPS) is 11.9. The molecule has 0 saturated carbocycles. The largest absolute Gasteiger partial charge is 0.377 e. The van der Waals surface area contributed by atoms with Gasteiger partial charge in [0.25, 0.3) is 0 Å². The zero-order chi connectivity index (χ0) is 5.91. The molecule has 0 unspecified atom stereocenters. The van der Waals surface area contributed by atoms with Crippen LogP contribution in [0.2, 0.25) is 0 Å². The highest BCUT2D eigenvalue weighted by molar-refractivity contribution is 7.54. The van der Waals surface area contributed by atoms with E-state index in [-0.39, 0.29) is 0 Å². The van der Waals surface area contributed by atoms with Crippen molar-refractivity contribution in [2.45, 2.75) is 0 Å². The third-order valence-corrected chi connectivity index (χ3v) is 1.73. The predicted molar refractivity (Wildman–Crippen MR) is 26.8 cm³/mol. The van der Waals surface area contributed by atoms with E-state index in [4.69, 9.17) is 0 Å². The first-order valence-corrected chi connectivity index (χ1v) is 3.40. The summed E-state index contributed by atoms with van der Waals surface area (Å²) in [5.41, 5.74) is 0.